The van der Waals surface area contributed by atoms with Crippen LogP contribution in [0.2, 0.25) is 0 Å². The zero-order valence-corrected chi connectivity index (χ0v) is 11.9. The van der Waals surface area contributed by atoms with Crippen LogP contribution in [0.3, 0.4) is 0 Å². The second-order valence-electron chi connectivity index (χ2n) is 4.93. The van der Waals surface area contributed by atoms with E-state index in [1.165, 1.54) is 22.5 Å². The van der Waals surface area contributed by atoms with Crippen LogP contribution < -0.4 is 10.6 Å². The Morgan fingerprint density at radius 2 is 1.68 bits per heavy atom. The molecule has 2 N–H and O–H groups in total. The molecular formula is C17H22N2. The van der Waals surface area contributed by atoms with Crippen LogP contribution in [-0.4, -0.2) is 6.54 Å². The Hall–Kier alpha value is -1.80. The minimum atomic E-state index is 0.0377. The first kappa shape index (κ1) is 13.6. The number of aryl methyl sites for hydroxylation is 1. The smallest absolute Gasteiger partial charge is 0.0458 e. The fourth-order valence-corrected chi connectivity index (χ4v) is 2.34. The SMILES string of the molecule is CCN(c1ccc(C)cc1)c1ccccc1[C@H](C)N. The van der Waals surface area contributed by atoms with E-state index in [9.17, 15) is 0 Å². The normalized spacial score (nSPS) is 12.2. The summed E-state index contributed by atoms with van der Waals surface area (Å²) in [6, 6.07) is 17.0. The molecule has 0 radical (unpaired) electrons. The summed E-state index contributed by atoms with van der Waals surface area (Å²) in [5, 5.41) is 0. The van der Waals surface area contributed by atoms with E-state index in [4.69, 9.17) is 5.73 Å². The molecule has 0 heterocycles. The molecule has 19 heavy (non-hydrogen) atoms. The molecule has 0 bridgehead atoms. The van der Waals surface area contributed by atoms with Crippen molar-refractivity contribution in [3.63, 3.8) is 0 Å². The van der Waals surface area contributed by atoms with Gasteiger partial charge in [0.15, 0.2) is 0 Å². The fourth-order valence-electron chi connectivity index (χ4n) is 2.34. The molecular weight excluding hydrogens is 232 g/mol. The zero-order valence-electron chi connectivity index (χ0n) is 11.9. The van der Waals surface area contributed by atoms with Crippen LogP contribution >= 0.6 is 0 Å². The van der Waals surface area contributed by atoms with E-state index in [1.807, 2.05) is 13.0 Å². The Labute approximate surface area is 115 Å². The van der Waals surface area contributed by atoms with Gasteiger partial charge in [-0.1, -0.05) is 35.9 Å². The summed E-state index contributed by atoms with van der Waals surface area (Å²) in [5.74, 6) is 0. The van der Waals surface area contributed by atoms with Gasteiger partial charge in [0.25, 0.3) is 0 Å². The standard InChI is InChI=1S/C17H22N2/c1-4-19(15-11-9-13(2)10-12-15)17-8-6-5-7-16(17)14(3)18/h5-12,14H,4,18H2,1-3H3/t14-/m0/s1. The van der Waals surface area contributed by atoms with Crippen LogP contribution in [0, 0.1) is 6.92 Å². The monoisotopic (exact) mass is 254 g/mol. The highest BCUT2D eigenvalue weighted by Gasteiger charge is 2.13. The molecule has 0 spiro atoms. The van der Waals surface area contributed by atoms with Crippen molar-refractivity contribution in [1.82, 2.24) is 0 Å². The summed E-state index contributed by atoms with van der Waals surface area (Å²) in [7, 11) is 0. The highest BCUT2D eigenvalue weighted by molar-refractivity contribution is 5.67. The van der Waals surface area contributed by atoms with E-state index in [-0.39, 0.29) is 6.04 Å². The van der Waals surface area contributed by atoms with Gasteiger partial charge in [-0.2, -0.15) is 0 Å². The Morgan fingerprint density at radius 1 is 1.05 bits per heavy atom. The lowest BCUT2D eigenvalue weighted by molar-refractivity contribution is 0.811. The molecule has 0 fully saturated rings. The number of para-hydroxylation sites is 1. The molecule has 0 unspecified atom stereocenters. The van der Waals surface area contributed by atoms with Gasteiger partial charge in [-0.3, -0.25) is 0 Å². The number of anilines is 2. The molecule has 0 aliphatic carbocycles. The number of hydrogen-bond acceptors (Lipinski definition) is 2. The summed E-state index contributed by atoms with van der Waals surface area (Å²) < 4.78 is 0. The van der Waals surface area contributed by atoms with Crippen molar-refractivity contribution >= 4 is 11.4 Å². The van der Waals surface area contributed by atoms with Gasteiger partial charge in [-0.15, -0.1) is 0 Å². The number of rotatable bonds is 4. The van der Waals surface area contributed by atoms with Crippen LogP contribution in [0.25, 0.3) is 0 Å². The lowest BCUT2D eigenvalue weighted by Gasteiger charge is -2.27. The zero-order chi connectivity index (χ0) is 13.8. The average Bonchev–Trinajstić information content (AvgIpc) is 2.42. The fraction of sp³-hybridized carbons (Fsp3) is 0.294. The summed E-state index contributed by atoms with van der Waals surface area (Å²) in [6.07, 6.45) is 0. The van der Waals surface area contributed by atoms with E-state index < -0.39 is 0 Å². The van der Waals surface area contributed by atoms with Gasteiger partial charge < -0.3 is 10.6 Å². The number of nitrogens with zero attached hydrogens (tertiary/aromatic N) is 1. The molecule has 2 heteroatoms. The van der Waals surface area contributed by atoms with Crippen molar-refractivity contribution in [2.45, 2.75) is 26.8 Å². The topological polar surface area (TPSA) is 29.3 Å². The van der Waals surface area contributed by atoms with Gasteiger partial charge in [-0.05, 0) is 44.5 Å². The maximum Gasteiger partial charge on any atom is 0.0458 e. The largest absolute Gasteiger partial charge is 0.341 e. The molecule has 0 aliphatic rings. The van der Waals surface area contributed by atoms with Gasteiger partial charge in [0.1, 0.15) is 0 Å². The first-order valence-corrected chi connectivity index (χ1v) is 6.82. The first-order valence-electron chi connectivity index (χ1n) is 6.82. The Kier molecular flexibility index (Phi) is 4.23. The molecule has 2 nitrogen and oxygen atoms in total. The molecule has 0 saturated heterocycles. The molecule has 0 aromatic heterocycles. The third-order valence-electron chi connectivity index (χ3n) is 3.38. The quantitative estimate of drug-likeness (QED) is 0.887. The second kappa shape index (κ2) is 5.89. The van der Waals surface area contributed by atoms with Crippen molar-refractivity contribution < 1.29 is 0 Å². The van der Waals surface area contributed by atoms with E-state index in [0.717, 1.165) is 6.54 Å². The van der Waals surface area contributed by atoms with Gasteiger partial charge in [0, 0.05) is 24.0 Å². The molecule has 2 aromatic carbocycles. The van der Waals surface area contributed by atoms with Gasteiger partial charge >= 0.3 is 0 Å². The van der Waals surface area contributed by atoms with E-state index in [0.29, 0.717) is 0 Å². The van der Waals surface area contributed by atoms with Crippen molar-refractivity contribution in [2.75, 3.05) is 11.4 Å². The van der Waals surface area contributed by atoms with Crippen LogP contribution in [0.1, 0.15) is 31.0 Å². The minimum absolute atomic E-state index is 0.0377. The first-order chi connectivity index (χ1) is 9.13. The average molecular weight is 254 g/mol. The summed E-state index contributed by atoms with van der Waals surface area (Å²) in [4.78, 5) is 2.30. The van der Waals surface area contributed by atoms with Crippen molar-refractivity contribution in [3.8, 4) is 0 Å². The number of hydrogen-bond donors (Lipinski definition) is 1. The lowest BCUT2D eigenvalue weighted by atomic mass is 10.1. The molecule has 0 amide bonds. The third kappa shape index (κ3) is 2.96. The molecule has 2 aromatic rings. The van der Waals surface area contributed by atoms with E-state index in [1.54, 1.807) is 0 Å². The molecule has 0 aliphatic heterocycles. The van der Waals surface area contributed by atoms with E-state index in [2.05, 4.69) is 61.2 Å². The van der Waals surface area contributed by atoms with Crippen LogP contribution in [0.4, 0.5) is 11.4 Å². The van der Waals surface area contributed by atoms with Crippen molar-refractivity contribution in [1.29, 1.82) is 0 Å². The summed E-state index contributed by atoms with van der Waals surface area (Å²) in [6.45, 7) is 7.22. The minimum Gasteiger partial charge on any atom is -0.341 e. The van der Waals surface area contributed by atoms with Crippen LogP contribution in [0.5, 0.6) is 0 Å². The third-order valence-corrected chi connectivity index (χ3v) is 3.38. The van der Waals surface area contributed by atoms with Gasteiger partial charge in [-0.25, -0.2) is 0 Å². The molecule has 2 rings (SSSR count). The Balaban J connectivity index is 2.45. The lowest BCUT2D eigenvalue weighted by Crippen LogP contribution is -2.19. The molecule has 1 atom stereocenters. The van der Waals surface area contributed by atoms with E-state index >= 15 is 0 Å². The van der Waals surface area contributed by atoms with Crippen LogP contribution in [0.15, 0.2) is 48.5 Å². The number of nitrogens with two attached hydrogens (primary N) is 1. The van der Waals surface area contributed by atoms with Gasteiger partial charge in [0.2, 0.25) is 0 Å². The highest BCUT2D eigenvalue weighted by Crippen LogP contribution is 2.31. The Morgan fingerprint density at radius 3 is 2.26 bits per heavy atom. The van der Waals surface area contributed by atoms with Crippen molar-refractivity contribution in [3.05, 3.63) is 59.7 Å². The van der Waals surface area contributed by atoms with Crippen LogP contribution in [-0.2, 0) is 0 Å². The number of benzene rings is 2. The predicted octanol–water partition coefficient (Wildman–Crippen LogP) is 4.17. The summed E-state index contributed by atoms with van der Waals surface area (Å²) in [5.41, 5.74) is 11.0. The molecule has 0 saturated carbocycles. The second-order valence-corrected chi connectivity index (χ2v) is 4.93. The molecule has 100 valence electrons. The maximum atomic E-state index is 6.08. The predicted molar refractivity (Wildman–Crippen MR) is 82.9 cm³/mol. The van der Waals surface area contributed by atoms with Crippen molar-refractivity contribution in [2.24, 2.45) is 5.73 Å². The summed E-state index contributed by atoms with van der Waals surface area (Å²) >= 11 is 0. The van der Waals surface area contributed by atoms with Gasteiger partial charge in [0.05, 0.1) is 0 Å². The Bertz CT molecular complexity index is 529. The highest BCUT2D eigenvalue weighted by atomic mass is 15.1. The maximum absolute atomic E-state index is 6.08.